The van der Waals surface area contributed by atoms with Crippen molar-refractivity contribution in [2.24, 2.45) is 0 Å². The van der Waals surface area contributed by atoms with Crippen LogP contribution in [0.5, 0.6) is 0 Å². The lowest BCUT2D eigenvalue weighted by molar-refractivity contribution is -0.385. The highest BCUT2D eigenvalue weighted by atomic mass is 79.9. The van der Waals surface area contributed by atoms with Crippen LogP contribution in [-0.4, -0.2) is 55.5 Å². The van der Waals surface area contributed by atoms with Crippen molar-refractivity contribution in [3.05, 3.63) is 178 Å². The van der Waals surface area contributed by atoms with Gasteiger partial charge < -0.3 is 31.6 Å². The Balaban J connectivity index is 0.00000497. The van der Waals surface area contributed by atoms with Crippen LogP contribution >= 0.6 is 7.26 Å². The maximum atomic E-state index is 14.4. The van der Waals surface area contributed by atoms with E-state index in [1.54, 1.807) is 18.2 Å². The number of amides is 2. The second-order valence-electron chi connectivity index (χ2n) is 12.7. The third-order valence-electron chi connectivity index (χ3n) is 9.49. The highest BCUT2D eigenvalue weighted by Crippen LogP contribution is 2.58. The summed E-state index contributed by atoms with van der Waals surface area (Å²) in [5.41, 5.74) is 1.16. The van der Waals surface area contributed by atoms with Crippen molar-refractivity contribution in [2.45, 2.75) is 24.4 Å². The molecule has 2 aliphatic heterocycles. The Labute approximate surface area is 326 Å². The largest absolute Gasteiger partial charge is 1.00 e. The number of β-lactam (4-membered cyclic amide) rings is 1. The lowest BCUT2D eigenvalue weighted by atomic mass is 10.0. The first-order chi connectivity index (χ1) is 25.8. The third-order valence-corrected chi connectivity index (χ3v) is 15.5. The maximum Gasteiger partial charge on any atom is 0.355 e. The number of nitro benzene ring substituents is 1. The number of para-hydroxylation sites is 1. The lowest BCUT2D eigenvalue weighted by Crippen LogP contribution is -3.00. The Bertz CT molecular complexity index is 2080. The van der Waals surface area contributed by atoms with Crippen LogP contribution in [0.15, 0.2) is 157 Å². The number of hydrogen-bond donors (Lipinski definition) is 1. The fourth-order valence-corrected chi connectivity index (χ4v) is 13.2. The molecule has 0 aromatic heterocycles. The first-order valence-electron chi connectivity index (χ1n) is 17.0. The van der Waals surface area contributed by atoms with Crippen LogP contribution < -0.4 is 38.2 Å². The van der Waals surface area contributed by atoms with Crippen LogP contribution in [0.2, 0.25) is 0 Å². The molecule has 1 N–H and O–H groups in total. The number of halogens is 1. The van der Waals surface area contributed by atoms with Gasteiger partial charge in [-0.3, -0.25) is 24.6 Å². The molecule has 13 heteroatoms. The summed E-state index contributed by atoms with van der Waals surface area (Å²) in [7, 11) is -2.64. The molecule has 1 unspecified atom stereocenters. The zero-order valence-corrected chi connectivity index (χ0v) is 32.1. The summed E-state index contributed by atoms with van der Waals surface area (Å²) >= 11 is -1.71. The van der Waals surface area contributed by atoms with Crippen molar-refractivity contribution in [1.82, 2.24) is 10.2 Å². The normalized spacial score (nSPS) is 17.8. The number of fused-ring (bicyclic) bond motifs is 1. The van der Waals surface area contributed by atoms with Gasteiger partial charge in [-0.15, -0.1) is 0 Å². The SMILES string of the molecule is O=C(Cc1ccccc1)N[C@@H]1C(=O)N2C(C(=O)OCc3ccccc3[N+](=O)[O-])=C(C[P+](c3ccccc3)(c3ccccc3)c3ccccc3)C[S+]([O-])[C@H]12.[Br-]. The molecule has 3 atom stereocenters. The predicted molar refractivity (Wildman–Crippen MR) is 206 cm³/mol. The van der Waals surface area contributed by atoms with Gasteiger partial charge in [0.05, 0.1) is 16.9 Å². The Hall–Kier alpha value is -5.13. The second-order valence-corrected chi connectivity index (χ2v) is 17.7. The van der Waals surface area contributed by atoms with E-state index in [1.807, 2.05) is 72.8 Å². The standard InChI is InChI=1S/C41H34N3O7PS.BrH/c45-36(25-29-15-5-1-6-16-29)42-37-39(46)43-38(41(47)51-26-30-17-13-14-24-35(30)44(48)49)31(28-53(50)40(37)43)27-52(32-18-7-2-8-19-32,33-20-9-3-10-21-33)34-22-11-4-12-23-34;/h1-24,37,40H,25-28H2;1H/t37-,40-,53?;/m1./s1. The van der Waals surface area contributed by atoms with Gasteiger partial charge in [0.25, 0.3) is 11.6 Å². The van der Waals surface area contributed by atoms with E-state index in [2.05, 4.69) is 41.7 Å². The summed E-state index contributed by atoms with van der Waals surface area (Å²) in [6, 6.07) is 43.8. The van der Waals surface area contributed by atoms with Gasteiger partial charge in [-0.05, 0) is 59.2 Å². The topological polar surface area (TPSA) is 142 Å². The summed E-state index contributed by atoms with van der Waals surface area (Å²) in [6.07, 6.45) is 0.280. The van der Waals surface area contributed by atoms with Crippen LogP contribution in [-0.2, 0) is 43.3 Å². The van der Waals surface area contributed by atoms with Crippen LogP contribution in [0, 0.1) is 10.1 Å². The molecule has 2 heterocycles. The molecule has 0 radical (unpaired) electrons. The van der Waals surface area contributed by atoms with Gasteiger partial charge in [-0.25, -0.2) is 4.79 Å². The van der Waals surface area contributed by atoms with Crippen molar-refractivity contribution in [3.63, 3.8) is 0 Å². The highest BCUT2D eigenvalue weighted by Gasteiger charge is 2.62. The monoisotopic (exact) mass is 823 g/mol. The lowest BCUT2D eigenvalue weighted by Gasteiger charge is -2.49. The number of hydrogen-bond acceptors (Lipinski definition) is 7. The Morgan fingerprint density at radius 1 is 0.796 bits per heavy atom. The molecule has 1 fully saturated rings. The summed E-state index contributed by atoms with van der Waals surface area (Å²) in [5.74, 6) is -1.91. The number of carbonyl (C=O) groups excluding carboxylic acids is 3. The maximum absolute atomic E-state index is 14.4. The van der Waals surface area contributed by atoms with Crippen molar-refractivity contribution in [3.8, 4) is 0 Å². The fourth-order valence-electron chi connectivity index (χ4n) is 7.05. The molecule has 274 valence electrons. The summed E-state index contributed by atoms with van der Waals surface area (Å²) in [5, 5.41) is 16.6. The van der Waals surface area contributed by atoms with Gasteiger partial charge in [0, 0.05) is 11.6 Å². The van der Waals surface area contributed by atoms with Crippen LogP contribution in [0.3, 0.4) is 0 Å². The molecule has 0 bridgehead atoms. The minimum atomic E-state index is -2.64. The van der Waals surface area contributed by atoms with E-state index in [9.17, 15) is 29.1 Å². The number of carbonyl (C=O) groups is 3. The Kier molecular flexibility index (Phi) is 12.1. The van der Waals surface area contributed by atoms with E-state index < -0.39 is 59.2 Å². The summed E-state index contributed by atoms with van der Waals surface area (Å²) < 4.78 is 20.0. The van der Waals surface area contributed by atoms with Gasteiger partial charge in [-0.2, -0.15) is 0 Å². The smallest absolute Gasteiger partial charge is 0.355 e. The van der Waals surface area contributed by atoms with Crippen molar-refractivity contribution in [1.29, 1.82) is 0 Å². The van der Waals surface area contributed by atoms with E-state index in [4.69, 9.17) is 4.74 Å². The minimum Gasteiger partial charge on any atom is -1.00 e. The number of esters is 1. The molecular formula is C41H35BrN3O7PS. The van der Waals surface area contributed by atoms with Gasteiger partial charge in [-0.1, -0.05) is 97.1 Å². The Morgan fingerprint density at radius 3 is 1.83 bits per heavy atom. The zero-order chi connectivity index (χ0) is 37.0. The van der Waals surface area contributed by atoms with E-state index in [-0.39, 0.29) is 52.3 Å². The van der Waals surface area contributed by atoms with Crippen LogP contribution in [0.25, 0.3) is 0 Å². The number of nitrogens with one attached hydrogen (secondary N) is 1. The van der Waals surface area contributed by atoms with Crippen molar-refractivity contribution < 1.29 is 45.6 Å². The number of ether oxygens (including phenoxy) is 1. The van der Waals surface area contributed by atoms with E-state index >= 15 is 0 Å². The highest BCUT2D eigenvalue weighted by molar-refractivity contribution is 7.96. The average Bonchev–Trinajstić information content (AvgIpc) is 3.19. The molecule has 1 saturated heterocycles. The average molecular weight is 825 g/mol. The minimum absolute atomic E-state index is 0. The number of nitrogens with zero attached hydrogens (tertiary/aromatic N) is 2. The van der Waals surface area contributed by atoms with E-state index in [1.165, 1.54) is 23.1 Å². The van der Waals surface area contributed by atoms with Crippen LogP contribution in [0.4, 0.5) is 5.69 Å². The molecule has 7 rings (SSSR count). The molecule has 5 aromatic carbocycles. The molecule has 0 aliphatic carbocycles. The van der Waals surface area contributed by atoms with Gasteiger partial charge in [0.1, 0.15) is 47.4 Å². The van der Waals surface area contributed by atoms with Crippen molar-refractivity contribution >= 4 is 57.8 Å². The summed E-state index contributed by atoms with van der Waals surface area (Å²) in [6.45, 7) is -0.421. The molecule has 0 saturated carbocycles. The van der Waals surface area contributed by atoms with Gasteiger partial charge in [0.2, 0.25) is 11.3 Å². The van der Waals surface area contributed by atoms with Gasteiger partial charge in [0.15, 0.2) is 6.04 Å². The van der Waals surface area contributed by atoms with E-state index in [0.29, 0.717) is 5.57 Å². The first-order valence-corrected chi connectivity index (χ1v) is 20.3. The number of benzene rings is 5. The fraction of sp³-hybridized carbons (Fsp3) is 0.146. The second kappa shape index (κ2) is 16.9. The first kappa shape index (κ1) is 38.6. The van der Waals surface area contributed by atoms with Gasteiger partial charge >= 0.3 is 5.97 Å². The van der Waals surface area contributed by atoms with E-state index in [0.717, 1.165) is 21.5 Å². The molecule has 10 nitrogen and oxygen atoms in total. The molecule has 5 aromatic rings. The molecular weight excluding hydrogens is 789 g/mol. The predicted octanol–water partition coefficient (Wildman–Crippen LogP) is 1.55. The summed E-state index contributed by atoms with van der Waals surface area (Å²) in [4.78, 5) is 53.9. The zero-order valence-electron chi connectivity index (χ0n) is 28.8. The molecule has 0 spiro atoms. The molecule has 54 heavy (non-hydrogen) atoms. The third kappa shape index (κ3) is 7.61. The quantitative estimate of drug-likeness (QED) is 0.0503. The number of rotatable bonds is 12. The Morgan fingerprint density at radius 2 is 1.30 bits per heavy atom. The number of nitro groups is 1. The van der Waals surface area contributed by atoms with Crippen molar-refractivity contribution in [2.75, 3.05) is 11.9 Å². The van der Waals surface area contributed by atoms with Crippen LogP contribution in [0.1, 0.15) is 11.1 Å². The molecule has 2 amide bonds. The molecule has 2 aliphatic rings.